The highest BCUT2D eigenvalue weighted by Gasteiger charge is 2.28. The van der Waals surface area contributed by atoms with Crippen LogP contribution in [0.4, 0.5) is 0 Å². The number of fused-ring (bicyclic) bond motifs is 1. The molecule has 6 nitrogen and oxygen atoms in total. The molecule has 0 amide bonds. The van der Waals surface area contributed by atoms with E-state index in [1.165, 1.54) is 4.88 Å². The minimum Gasteiger partial charge on any atom is -0.493 e. The molecule has 0 aliphatic carbocycles. The highest BCUT2D eigenvalue weighted by molar-refractivity contribution is 7.09. The van der Waals surface area contributed by atoms with Gasteiger partial charge in [0.05, 0.1) is 7.11 Å². The molecule has 1 aromatic carbocycles. The number of piperazine rings is 1. The predicted octanol–water partition coefficient (Wildman–Crippen LogP) is 2.55. The van der Waals surface area contributed by atoms with E-state index in [1.807, 2.05) is 12.1 Å². The summed E-state index contributed by atoms with van der Waals surface area (Å²) in [5.74, 6) is 2.18. The van der Waals surface area contributed by atoms with Crippen LogP contribution in [0.5, 0.6) is 17.2 Å². The Labute approximate surface area is 163 Å². The zero-order valence-corrected chi connectivity index (χ0v) is 16.4. The van der Waals surface area contributed by atoms with E-state index in [-0.39, 0.29) is 13.4 Å². The van der Waals surface area contributed by atoms with Crippen LogP contribution in [0.3, 0.4) is 0 Å². The van der Waals surface area contributed by atoms with Gasteiger partial charge in [0.15, 0.2) is 11.5 Å². The summed E-state index contributed by atoms with van der Waals surface area (Å²) in [6, 6.07) is 8.73. The number of thiophene rings is 1. The standard InChI is InChI=1S/C20H26N2O4S/c1-24-18-9-15(10-19-20(18)26-14-25-19)11-21-5-6-22(16(12-21)4-7-23)13-17-3-2-8-27-17/h2-3,8-10,16,23H,4-7,11-14H2,1H3/t16-/m1/s1. The third-order valence-electron chi connectivity index (χ3n) is 5.21. The summed E-state index contributed by atoms with van der Waals surface area (Å²) in [5.41, 5.74) is 1.16. The molecule has 7 heteroatoms. The molecular formula is C20H26N2O4S. The average Bonchev–Trinajstić information content (AvgIpc) is 3.35. The van der Waals surface area contributed by atoms with Crippen LogP contribution in [0.2, 0.25) is 0 Å². The monoisotopic (exact) mass is 390 g/mol. The molecule has 3 heterocycles. The lowest BCUT2D eigenvalue weighted by Gasteiger charge is -2.41. The number of hydrogen-bond acceptors (Lipinski definition) is 7. The molecule has 27 heavy (non-hydrogen) atoms. The van der Waals surface area contributed by atoms with Crippen LogP contribution < -0.4 is 14.2 Å². The fraction of sp³-hybridized carbons (Fsp3) is 0.500. The highest BCUT2D eigenvalue weighted by Crippen LogP contribution is 2.42. The summed E-state index contributed by atoms with van der Waals surface area (Å²) >= 11 is 1.80. The zero-order valence-electron chi connectivity index (χ0n) is 15.6. The number of benzene rings is 1. The molecule has 1 N–H and O–H groups in total. The molecule has 2 aliphatic heterocycles. The van der Waals surface area contributed by atoms with E-state index in [4.69, 9.17) is 14.2 Å². The zero-order chi connectivity index (χ0) is 18.6. The minimum atomic E-state index is 0.220. The van der Waals surface area contributed by atoms with Gasteiger partial charge in [-0.1, -0.05) is 6.07 Å². The van der Waals surface area contributed by atoms with Gasteiger partial charge in [0.1, 0.15) is 0 Å². The van der Waals surface area contributed by atoms with E-state index < -0.39 is 0 Å². The number of ether oxygens (including phenoxy) is 3. The maximum atomic E-state index is 9.52. The summed E-state index contributed by atoms with van der Waals surface area (Å²) in [5, 5.41) is 11.6. The first-order valence-electron chi connectivity index (χ1n) is 9.33. The SMILES string of the molecule is COc1cc(CN2CCN(Cc3cccs3)[C@H](CCO)C2)cc2c1OCO2. The van der Waals surface area contributed by atoms with Gasteiger partial charge in [0, 0.05) is 50.2 Å². The van der Waals surface area contributed by atoms with Gasteiger partial charge >= 0.3 is 0 Å². The summed E-state index contributed by atoms with van der Waals surface area (Å²) < 4.78 is 16.5. The van der Waals surface area contributed by atoms with Crippen LogP contribution >= 0.6 is 11.3 Å². The molecule has 1 saturated heterocycles. The Kier molecular flexibility index (Phi) is 5.83. The minimum absolute atomic E-state index is 0.220. The van der Waals surface area contributed by atoms with Gasteiger partial charge in [-0.2, -0.15) is 0 Å². The third-order valence-corrected chi connectivity index (χ3v) is 6.08. The van der Waals surface area contributed by atoms with Crippen molar-refractivity contribution in [1.29, 1.82) is 0 Å². The van der Waals surface area contributed by atoms with Crippen LogP contribution in [-0.2, 0) is 13.1 Å². The Morgan fingerprint density at radius 1 is 1.26 bits per heavy atom. The Hall–Kier alpha value is -1.80. The van der Waals surface area contributed by atoms with E-state index in [0.717, 1.165) is 56.2 Å². The molecule has 4 rings (SSSR count). The summed E-state index contributed by atoms with van der Waals surface area (Å²) in [7, 11) is 1.65. The number of hydrogen-bond donors (Lipinski definition) is 1. The average molecular weight is 391 g/mol. The molecule has 146 valence electrons. The number of aliphatic hydroxyl groups excluding tert-OH is 1. The van der Waals surface area contributed by atoms with Crippen LogP contribution in [-0.4, -0.2) is 61.1 Å². The van der Waals surface area contributed by atoms with E-state index in [9.17, 15) is 5.11 Å². The molecule has 1 atom stereocenters. The number of rotatable bonds is 7. The Morgan fingerprint density at radius 3 is 2.96 bits per heavy atom. The van der Waals surface area contributed by atoms with Crippen molar-refractivity contribution in [2.75, 3.05) is 40.1 Å². The van der Waals surface area contributed by atoms with Gasteiger partial charge in [0.25, 0.3) is 0 Å². The maximum Gasteiger partial charge on any atom is 0.231 e. The molecule has 2 aliphatic rings. The van der Waals surface area contributed by atoms with Crippen molar-refractivity contribution < 1.29 is 19.3 Å². The van der Waals surface area contributed by atoms with Gasteiger partial charge in [-0.3, -0.25) is 9.80 Å². The fourth-order valence-electron chi connectivity index (χ4n) is 3.87. The molecule has 0 spiro atoms. The van der Waals surface area contributed by atoms with Gasteiger partial charge in [-0.05, 0) is 35.6 Å². The Bertz CT molecular complexity index is 753. The van der Waals surface area contributed by atoms with E-state index >= 15 is 0 Å². The summed E-state index contributed by atoms with van der Waals surface area (Å²) in [6.45, 7) is 5.22. The first kappa shape index (κ1) is 18.6. The molecule has 0 radical (unpaired) electrons. The highest BCUT2D eigenvalue weighted by atomic mass is 32.1. The quantitative estimate of drug-likeness (QED) is 0.784. The summed E-state index contributed by atoms with van der Waals surface area (Å²) in [6.07, 6.45) is 0.798. The molecule has 1 fully saturated rings. The van der Waals surface area contributed by atoms with Crippen LogP contribution in [0.15, 0.2) is 29.6 Å². The predicted molar refractivity (Wildman–Crippen MR) is 105 cm³/mol. The molecule has 0 saturated carbocycles. The fourth-order valence-corrected chi connectivity index (χ4v) is 4.60. The summed E-state index contributed by atoms with van der Waals surface area (Å²) in [4.78, 5) is 6.33. The third kappa shape index (κ3) is 4.21. The molecular weight excluding hydrogens is 364 g/mol. The second-order valence-electron chi connectivity index (χ2n) is 6.98. The van der Waals surface area contributed by atoms with Crippen molar-refractivity contribution in [1.82, 2.24) is 9.80 Å². The molecule has 2 aromatic rings. The topological polar surface area (TPSA) is 54.4 Å². The van der Waals surface area contributed by atoms with Crippen molar-refractivity contribution in [2.24, 2.45) is 0 Å². The lowest BCUT2D eigenvalue weighted by Crippen LogP contribution is -2.52. The van der Waals surface area contributed by atoms with Crippen molar-refractivity contribution in [3.05, 3.63) is 40.1 Å². The first-order chi connectivity index (χ1) is 13.3. The number of methoxy groups -OCH3 is 1. The van der Waals surface area contributed by atoms with Crippen LogP contribution in [0.1, 0.15) is 16.9 Å². The van der Waals surface area contributed by atoms with Gasteiger partial charge in [0.2, 0.25) is 12.5 Å². The smallest absolute Gasteiger partial charge is 0.231 e. The lowest BCUT2D eigenvalue weighted by atomic mass is 10.1. The number of nitrogens with zero attached hydrogens (tertiary/aromatic N) is 2. The van der Waals surface area contributed by atoms with Crippen molar-refractivity contribution in [3.63, 3.8) is 0 Å². The Morgan fingerprint density at radius 2 is 2.19 bits per heavy atom. The van der Waals surface area contributed by atoms with Crippen molar-refractivity contribution in [3.8, 4) is 17.2 Å². The molecule has 1 aromatic heterocycles. The Balaban J connectivity index is 1.43. The van der Waals surface area contributed by atoms with Gasteiger partial charge in [-0.25, -0.2) is 0 Å². The molecule has 0 unspecified atom stereocenters. The van der Waals surface area contributed by atoms with E-state index in [0.29, 0.717) is 11.8 Å². The van der Waals surface area contributed by atoms with E-state index in [1.54, 1.807) is 18.4 Å². The van der Waals surface area contributed by atoms with Crippen LogP contribution in [0.25, 0.3) is 0 Å². The normalized spacial score (nSPS) is 20.1. The lowest BCUT2D eigenvalue weighted by molar-refractivity contribution is 0.0506. The van der Waals surface area contributed by atoms with Gasteiger partial charge in [-0.15, -0.1) is 11.3 Å². The van der Waals surface area contributed by atoms with Crippen molar-refractivity contribution >= 4 is 11.3 Å². The van der Waals surface area contributed by atoms with E-state index in [2.05, 4.69) is 27.3 Å². The van der Waals surface area contributed by atoms with Gasteiger partial charge < -0.3 is 19.3 Å². The van der Waals surface area contributed by atoms with Crippen molar-refractivity contribution in [2.45, 2.75) is 25.6 Å². The van der Waals surface area contributed by atoms with Crippen LogP contribution in [0, 0.1) is 0 Å². The molecule has 0 bridgehead atoms. The number of aliphatic hydroxyl groups is 1. The largest absolute Gasteiger partial charge is 0.493 e. The first-order valence-corrected chi connectivity index (χ1v) is 10.2. The maximum absolute atomic E-state index is 9.52. The second-order valence-corrected chi connectivity index (χ2v) is 8.02. The second kappa shape index (κ2) is 8.48.